The fourth-order valence-electron chi connectivity index (χ4n) is 3.47. The Bertz CT molecular complexity index is 1050. The van der Waals surface area contributed by atoms with Crippen LogP contribution in [-0.2, 0) is 13.1 Å². The fraction of sp³-hybridized carbons (Fsp3) is 0.280. The normalized spacial score (nSPS) is 14.5. The van der Waals surface area contributed by atoms with Crippen LogP contribution in [0.4, 0.5) is 11.4 Å². The van der Waals surface area contributed by atoms with Gasteiger partial charge in [-0.2, -0.15) is 0 Å². The number of hydrogen-bond donors (Lipinski definition) is 3. The van der Waals surface area contributed by atoms with Gasteiger partial charge in [0, 0.05) is 36.2 Å². The van der Waals surface area contributed by atoms with Gasteiger partial charge in [-0.15, -0.1) is 0 Å². The molecule has 0 saturated carbocycles. The van der Waals surface area contributed by atoms with Crippen molar-refractivity contribution in [3.8, 4) is 5.75 Å². The molecule has 0 fully saturated rings. The van der Waals surface area contributed by atoms with E-state index >= 15 is 0 Å². The number of nitrogens with zero attached hydrogens (tertiary/aromatic N) is 2. The van der Waals surface area contributed by atoms with Crippen molar-refractivity contribution in [2.45, 2.75) is 40.3 Å². The smallest absolute Gasteiger partial charge is 0.135 e. The number of methoxy groups -OCH3 is 1. The van der Waals surface area contributed by atoms with E-state index in [0.717, 1.165) is 48.2 Å². The predicted octanol–water partition coefficient (Wildman–Crippen LogP) is 5.32. The van der Waals surface area contributed by atoms with Gasteiger partial charge in [-0.1, -0.05) is 19.1 Å². The Morgan fingerprint density at radius 1 is 1.23 bits per heavy atom. The average molecular weight is 418 g/mol. The van der Waals surface area contributed by atoms with Gasteiger partial charge in [0.05, 0.1) is 7.11 Å². The Balaban J connectivity index is 1.91. The van der Waals surface area contributed by atoms with E-state index in [4.69, 9.17) is 20.9 Å². The van der Waals surface area contributed by atoms with Gasteiger partial charge in [0.25, 0.3) is 0 Å². The van der Waals surface area contributed by atoms with Crippen LogP contribution in [0.15, 0.2) is 64.9 Å². The Hall–Kier alpha value is -3.54. The summed E-state index contributed by atoms with van der Waals surface area (Å²) < 4.78 is 5.38. The molecule has 0 radical (unpaired) electrons. The summed E-state index contributed by atoms with van der Waals surface area (Å²) in [5, 5.41) is 11.0. The second-order valence-electron chi connectivity index (χ2n) is 7.51. The van der Waals surface area contributed by atoms with Gasteiger partial charge in [-0.3, -0.25) is 0 Å². The van der Waals surface area contributed by atoms with E-state index in [1.165, 1.54) is 17.3 Å². The zero-order chi connectivity index (χ0) is 22.4. The number of allylic oxidation sites excluding steroid dienone is 2. The standard InChI is InChI=1S/C25H31N5O/c1-5-7-24(30-15-18-8-10-22(31-4)13-20(18)16-30)29-25(17(3)6-2)28-21-9-11-23(27)19(12-21)14-26/h6-14,26H,5,15-16,27H2,1-4H3,(H,28,29)/b17-6-,24-7-,26-14?. The zero-order valence-electron chi connectivity index (χ0n) is 18.7. The average Bonchev–Trinajstić information content (AvgIpc) is 3.21. The molecule has 4 N–H and O–H groups in total. The molecular formula is C25H31N5O. The van der Waals surface area contributed by atoms with Crippen molar-refractivity contribution in [3.63, 3.8) is 0 Å². The highest BCUT2D eigenvalue weighted by atomic mass is 16.5. The molecule has 3 rings (SSSR count). The number of amidine groups is 1. The van der Waals surface area contributed by atoms with Gasteiger partial charge in [0.15, 0.2) is 0 Å². The summed E-state index contributed by atoms with van der Waals surface area (Å²) in [5.41, 5.74) is 11.6. The lowest BCUT2D eigenvalue weighted by Gasteiger charge is -2.20. The van der Waals surface area contributed by atoms with Crippen LogP contribution in [0.1, 0.15) is 43.9 Å². The molecule has 1 heterocycles. The number of fused-ring (bicyclic) bond motifs is 1. The Kier molecular flexibility index (Phi) is 7.13. The fourth-order valence-corrected chi connectivity index (χ4v) is 3.47. The molecule has 0 aliphatic carbocycles. The van der Waals surface area contributed by atoms with Crippen LogP contribution in [0.5, 0.6) is 5.75 Å². The van der Waals surface area contributed by atoms with Crippen LogP contribution in [0.25, 0.3) is 0 Å². The lowest BCUT2D eigenvalue weighted by molar-refractivity contribution is 0.357. The predicted molar refractivity (Wildman–Crippen MR) is 130 cm³/mol. The summed E-state index contributed by atoms with van der Waals surface area (Å²) in [6, 6.07) is 11.8. The molecule has 6 nitrogen and oxygen atoms in total. The Morgan fingerprint density at radius 2 is 2.00 bits per heavy atom. The van der Waals surface area contributed by atoms with E-state index in [0.29, 0.717) is 11.3 Å². The number of rotatable bonds is 7. The van der Waals surface area contributed by atoms with Gasteiger partial charge in [0.1, 0.15) is 17.4 Å². The molecular weight excluding hydrogens is 386 g/mol. The van der Waals surface area contributed by atoms with E-state index in [-0.39, 0.29) is 0 Å². The highest BCUT2D eigenvalue weighted by Crippen LogP contribution is 2.30. The van der Waals surface area contributed by atoms with Crippen molar-refractivity contribution in [1.29, 1.82) is 5.41 Å². The molecule has 0 unspecified atom stereocenters. The van der Waals surface area contributed by atoms with E-state index in [2.05, 4.69) is 35.3 Å². The highest BCUT2D eigenvalue weighted by molar-refractivity contribution is 6.08. The zero-order valence-corrected chi connectivity index (χ0v) is 18.7. The first kappa shape index (κ1) is 22.2. The van der Waals surface area contributed by atoms with Gasteiger partial charge in [-0.05, 0) is 73.4 Å². The molecule has 6 heteroatoms. The second kappa shape index (κ2) is 9.98. The monoisotopic (exact) mass is 417 g/mol. The first-order valence-corrected chi connectivity index (χ1v) is 10.5. The molecule has 1 aliphatic heterocycles. The number of aliphatic imine (C=N–C) groups is 1. The number of hydrogen-bond acceptors (Lipinski definition) is 5. The van der Waals surface area contributed by atoms with Crippen LogP contribution in [0.3, 0.4) is 0 Å². The maximum Gasteiger partial charge on any atom is 0.135 e. The number of nitrogen functional groups attached to an aromatic ring is 1. The maximum atomic E-state index is 7.56. The lowest BCUT2D eigenvalue weighted by Crippen LogP contribution is -2.20. The van der Waals surface area contributed by atoms with Crippen LogP contribution in [-0.4, -0.2) is 24.1 Å². The van der Waals surface area contributed by atoms with Gasteiger partial charge >= 0.3 is 0 Å². The minimum Gasteiger partial charge on any atom is -0.497 e. The van der Waals surface area contributed by atoms with Crippen LogP contribution >= 0.6 is 0 Å². The molecule has 0 aromatic heterocycles. The molecule has 2 aromatic carbocycles. The summed E-state index contributed by atoms with van der Waals surface area (Å²) in [6.07, 6.45) is 6.34. The highest BCUT2D eigenvalue weighted by Gasteiger charge is 2.22. The van der Waals surface area contributed by atoms with Crippen molar-refractivity contribution in [2.24, 2.45) is 4.99 Å². The molecule has 1 aliphatic rings. The maximum absolute atomic E-state index is 7.56. The molecule has 0 atom stereocenters. The van der Waals surface area contributed by atoms with Crippen LogP contribution in [0.2, 0.25) is 0 Å². The third-order valence-electron chi connectivity index (χ3n) is 5.38. The number of anilines is 2. The van der Waals surface area contributed by atoms with Crippen molar-refractivity contribution in [1.82, 2.24) is 4.90 Å². The number of nitrogens with two attached hydrogens (primary N) is 1. The molecule has 0 spiro atoms. The van der Waals surface area contributed by atoms with Crippen molar-refractivity contribution >= 4 is 23.4 Å². The summed E-state index contributed by atoms with van der Waals surface area (Å²) >= 11 is 0. The van der Waals surface area contributed by atoms with Crippen LogP contribution < -0.4 is 15.8 Å². The van der Waals surface area contributed by atoms with E-state index in [9.17, 15) is 0 Å². The topological polar surface area (TPSA) is 86.7 Å². The minimum absolute atomic E-state index is 0.582. The summed E-state index contributed by atoms with van der Waals surface area (Å²) in [4.78, 5) is 7.30. The summed E-state index contributed by atoms with van der Waals surface area (Å²) in [6.45, 7) is 7.77. The molecule has 162 valence electrons. The molecule has 2 aromatic rings. The minimum atomic E-state index is 0.582. The Labute approximate surface area is 184 Å². The molecule has 0 saturated heterocycles. The van der Waals surface area contributed by atoms with E-state index < -0.39 is 0 Å². The van der Waals surface area contributed by atoms with Crippen molar-refractivity contribution in [3.05, 3.63) is 76.6 Å². The lowest BCUT2D eigenvalue weighted by atomic mass is 10.1. The molecule has 0 bridgehead atoms. The molecule has 0 amide bonds. The van der Waals surface area contributed by atoms with Crippen LogP contribution in [0, 0.1) is 5.41 Å². The largest absolute Gasteiger partial charge is 0.497 e. The third kappa shape index (κ3) is 5.15. The summed E-state index contributed by atoms with van der Waals surface area (Å²) in [7, 11) is 1.69. The van der Waals surface area contributed by atoms with E-state index in [1.54, 1.807) is 13.2 Å². The molecule has 31 heavy (non-hydrogen) atoms. The first-order valence-electron chi connectivity index (χ1n) is 10.5. The van der Waals surface area contributed by atoms with E-state index in [1.807, 2.05) is 38.1 Å². The van der Waals surface area contributed by atoms with Gasteiger partial charge < -0.3 is 26.1 Å². The Morgan fingerprint density at radius 3 is 2.68 bits per heavy atom. The van der Waals surface area contributed by atoms with Gasteiger partial charge in [-0.25, -0.2) is 4.99 Å². The first-order chi connectivity index (χ1) is 15.0. The number of benzene rings is 2. The number of ether oxygens (including phenoxy) is 1. The SMILES string of the molecule is C\C=C(C)/C(=N/C(=C/CC)N1Cc2ccc(OC)cc2C1)Nc1ccc(N)c(C=N)c1. The van der Waals surface area contributed by atoms with Crippen molar-refractivity contribution in [2.75, 3.05) is 18.2 Å². The summed E-state index contributed by atoms with van der Waals surface area (Å²) in [5.74, 6) is 2.59. The third-order valence-corrected chi connectivity index (χ3v) is 5.38. The van der Waals surface area contributed by atoms with Gasteiger partial charge in [0.2, 0.25) is 0 Å². The van der Waals surface area contributed by atoms with Crippen molar-refractivity contribution < 1.29 is 4.74 Å². The second-order valence-corrected chi connectivity index (χ2v) is 7.51. The quantitative estimate of drug-likeness (QED) is 0.323. The number of nitrogens with one attached hydrogen (secondary N) is 2.